The Morgan fingerprint density at radius 3 is 2.68 bits per heavy atom. The Bertz CT molecular complexity index is 1250. The van der Waals surface area contributed by atoms with Crippen LogP contribution in [0.15, 0.2) is 48.5 Å². The third-order valence-corrected chi connectivity index (χ3v) is 5.28. The minimum absolute atomic E-state index is 0.0601. The molecule has 4 aromatic rings. The number of amides is 1. The first kappa shape index (κ1) is 20.7. The lowest BCUT2D eigenvalue weighted by molar-refractivity contribution is -0.121. The van der Waals surface area contributed by atoms with E-state index in [1.54, 1.807) is 18.2 Å². The predicted octanol–water partition coefficient (Wildman–Crippen LogP) is 4.35. The van der Waals surface area contributed by atoms with E-state index >= 15 is 0 Å². The molecule has 0 radical (unpaired) electrons. The molecule has 0 unspecified atom stereocenters. The fraction of sp³-hybridized carbons (Fsp3) is 0.261. The Kier molecular flexibility index (Phi) is 5.79. The second kappa shape index (κ2) is 8.67. The Labute approximate surface area is 177 Å². The van der Waals surface area contributed by atoms with Crippen molar-refractivity contribution in [3.63, 3.8) is 0 Å². The maximum atomic E-state index is 12.5. The first-order chi connectivity index (χ1) is 14.9. The number of nitrogens with zero attached hydrogens (tertiary/aromatic N) is 3. The van der Waals surface area contributed by atoms with E-state index in [0.29, 0.717) is 12.0 Å². The van der Waals surface area contributed by atoms with Gasteiger partial charge in [0.15, 0.2) is 5.65 Å². The molecule has 1 amide bonds. The summed E-state index contributed by atoms with van der Waals surface area (Å²) in [4.78, 5) is 17.1. The average Bonchev–Trinajstić information content (AvgIpc) is 3.11. The Hall–Kier alpha value is -3.55. The summed E-state index contributed by atoms with van der Waals surface area (Å²) in [5, 5.41) is 8.39. The third kappa shape index (κ3) is 4.33. The molecule has 4 rings (SSSR count). The zero-order chi connectivity index (χ0) is 22.0. The summed E-state index contributed by atoms with van der Waals surface area (Å²) >= 11 is 0. The summed E-state index contributed by atoms with van der Waals surface area (Å²) < 4.78 is 31.4. The highest BCUT2D eigenvalue weighted by Gasteiger charge is 2.15. The van der Waals surface area contributed by atoms with Gasteiger partial charge < -0.3 is 10.1 Å². The van der Waals surface area contributed by atoms with Crippen molar-refractivity contribution in [2.24, 2.45) is 0 Å². The molecule has 0 bridgehead atoms. The molecule has 0 aliphatic heterocycles. The highest BCUT2D eigenvalue weighted by molar-refractivity contribution is 5.92. The number of benzene rings is 2. The highest BCUT2D eigenvalue weighted by atomic mass is 19.3. The Morgan fingerprint density at radius 1 is 1.13 bits per heavy atom. The van der Waals surface area contributed by atoms with Crippen LogP contribution >= 0.6 is 0 Å². The molecular weight excluding hydrogens is 402 g/mol. The molecule has 6 nitrogen and oxygen atoms in total. The molecule has 31 heavy (non-hydrogen) atoms. The zero-order valence-corrected chi connectivity index (χ0v) is 17.2. The molecule has 0 aliphatic rings. The van der Waals surface area contributed by atoms with Crippen molar-refractivity contribution in [3.05, 3.63) is 71.0 Å². The molecule has 0 saturated heterocycles. The van der Waals surface area contributed by atoms with E-state index in [1.807, 2.05) is 42.6 Å². The van der Waals surface area contributed by atoms with Crippen molar-refractivity contribution in [1.82, 2.24) is 19.9 Å². The van der Waals surface area contributed by atoms with Gasteiger partial charge >= 0.3 is 6.61 Å². The van der Waals surface area contributed by atoms with Gasteiger partial charge in [0.1, 0.15) is 5.75 Å². The van der Waals surface area contributed by atoms with Gasteiger partial charge in [-0.1, -0.05) is 30.3 Å². The number of carbonyl (C=O) groups excluding carboxylic acids is 1. The van der Waals surface area contributed by atoms with Gasteiger partial charge in [-0.15, -0.1) is 0 Å². The van der Waals surface area contributed by atoms with E-state index in [-0.39, 0.29) is 24.6 Å². The quantitative estimate of drug-likeness (QED) is 0.479. The van der Waals surface area contributed by atoms with E-state index in [2.05, 4.69) is 15.2 Å². The number of aromatic nitrogens is 3. The maximum absolute atomic E-state index is 12.5. The summed E-state index contributed by atoms with van der Waals surface area (Å²) in [5.41, 5.74) is 4.94. The van der Waals surface area contributed by atoms with Crippen molar-refractivity contribution in [3.8, 4) is 5.75 Å². The molecule has 2 aromatic carbocycles. The molecule has 2 heterocycles. The molecule has 0 atom stereocenters. The van der Waals surface area contributed by atoms with E-state index in [0.717, 1.165) is 33.5 Å². The first-order valence-corrected chi connectivity index (χ1v) is 9.97. The minimum atomic E-state index is -2.91. The van der Waals surface area contributed by atoms with Crippen LogP contribution in [0.4, 0.5) is 8.78 Å². The van der Waals surface area contributed by atoms with Gasteiger partial charge in [0.05, 0.1) is 5.52 Å². The van der Waals surface area contributed by atoms with E-state index < -0.39 is 6.61 Å². The number of hydrogen-bond acceptors (Lipinski definition) is 4. The number of alkyl halides is 2. The van der Waals surface area contributed by atoms with Crippen LogP contribution in [-0.2, 0) is 17.8 Å². The molecule has 0 fully saturated rings. The normalized spacial score (nSPS) is 11.4. The summed E-state index contributed by atoms with van der Waals surface area (Å²) in [6.45, 7) is 1.10. The standard InChI is InChI=1S/C23H22F2N4O2/c1-14-17(15(2)29-22(27-14)18-8-4-5-9-19(18)28-29)11-12-21(30)26-13-16-7-3-6-10-20(16)31-23(24)25/h3-10,23H,11-13H2,1-2H3,(H,26,30). The van der Waals surface area contributed by atoms with Gasteiger partial charge in [0.25, 0.3) is 0 Å². The molecule has 160 valence electrons. The van der Waals surface area contributed by atoms with Crippen LogP contribution in [0.5, 0.6) is 5.75 Å². The van der Waals surface area contributed by atoms with Gasteiger partial charge in [0, 0.05) is 35.3 Å². The SMILES string of the molecule is Cc1nc2c3ccccc3nn2c(C)c1CCC(=O)NCc1ccccc1OC(F)F. The van der Waals surface area contributed by atoms with Gasteiger partial charge in [-0.25, -0.2) is 9.50 Å². The zero-order valence-electron chi connectivity index (χ0n) is 17.2. The second-order valence-corrected chi connectivity index (χ2v) is 7.28. The lowest BCUT2D eigenvalue weighted by Gasteiger charge is -2.13. The number of rotatable bonds is 7. The number of para-hydroxylation sites is 1. The lowest BCUT2D eigenvalue weighted by Crippen LogP contribution is -2.24. The number of fused-ring (bicyclic) bond motifs is 3. The monoisotopic (exact) mass is 424 g/mol. The van der Waals surface area contributed by atoms with Crippen LogP contribution in [-0.4, -0.2) is 27.1 Å². The third-order valence-electron chi connectivity index (χ3n) is 5.28. The smallest absolute Gasteiger partial charge is 0.387 e. The number of nitrogens with one attached hydrogen (secondary N) is 1. The van der Waals surface area contributed by atoms with Crippen molar-refractivity contribution in [2.75, 3.05) is 0 Å². The van der Waals surface area contributed by atoms with E-state index in [9.17, 15) is 13.6 Å². The number of carbonyl (C=O) groups is 1. The number of halogens is 2. The van der Waals surface area contributed by atoms with E-state index in [4.69, 9.17) is 4.98 Å². The largest absolute Gasteiger partial charge is 0.434 e. The number of aryl methyl sites for hydroxylation is 2. The molecular formula is C23H22F2N4O2. The van der Waals surface area contributed by atoms with Gasteiger partial charge in [-0.05, 0) is 44.0 Å². The van der Waals surface area contributed by atoms with E-state index in [1.165, 1.54) is 6.07 Å². The van der Waals surface area contributed by atoms with Crippen LogP contribution < -0.4 is 10.1 Å². The summed E-state index contributed by atoms with van der Waals surface area (Å²) in [7, 11) is 0. The average molecular weight is 424 g/mol. The van der Waals surface area contributed by atoms with Crippen LogP contribution in [0.3, 0.4) is 0 Å². The van der Waals surface area contributed by atoms with Gasteiger partial charge in [0.2, 0.25) is 5.91 Å². The minimum Gasteiger partial charge on any atom is -0.434 e. The molecule has 1 N–H and O–H groups in total. The molecule has 0 saturated carbocycles. The van der Waals surface area contributed by atoms with Crippen LogP contribution in [0, 0.1) is 13.8 Å². The maximum Gasteiger partial charge on any atom is 0.387 e. The second-order valence-electron chi connectivity index (χ2n) is 7.28. The van der Waals surface area contributed by atoms with Crippen LogP contribution in [0.2, 0.25) is 0 Å². The van der Waals surface area contributed by atoms with Crippen LogP contribution in [0.1, 0.15) is 28.9 Å². The Balaban J connectivity index is 1.46. The fourth-order valence-electron chi connectivity index (χ4n) is 3.72. The lowest BCUT2D eigenvalue weighted by atomic mass is 10.1. The number of ether oxygens (including phenoxy) is 1. The number of hydrogen-bond donors (Lipinski definition) is 1. The summed E-state index contributed by atoms with van der Waals surface area (Å²) in [5.74, 6) is -0.124. The fourth-order valence-corrected chi connectivity index (χ4v) is 3.72. The molecule has 0 spiro atoms. The first-order valence-electron chi connectivity index (χ1n) is 9.97. The highest BCUT2D eigenvalue weighted by Crippen LogP contribution is 2.23. The summed E-state index contributed by atoms with van der Waals surface area (Å²) in [6.07, 6.45) is 0.741. The van der Waals surface area contributed by atoms with Crippen LogP contribution in [0.25, 0.3) is 16.6 Å². The molecule has 2 aromatic heterocycles. The van der Waals surface area contributed by atoms with Gasteiger partial charge in [-0.3, -0.25) is 4.79 Å². The Morgan fingerprint density at radius 2 is 1.87 bits per heavy atom. The van der Waals surface area contributed by atoms with Crippen molar-refractivity contribution >= 4 is 22.5 Å². The predicted molar refractivity (Wildman–Crippen MR) is 113 cm³/mol. The topological polar surface area (TPSA) is 68.5 Å². The van der Waals surface area contributed by atoms with Crippen molar-refractivity contribution < 1.29 is 18.3 Å². The summed E-state index contributed by atoms with van der Waals surface area (Å²) in [6, 6.07) is 14.2. The molecule has 0 aliphatic carbocycles. The van der Waals surface area contributed by atoms with Gasteiger partial charge in [-0.2, -0.15) is 13.9 Å². The molecule has 8 heteroatoms. The van der Waals surface area contributed by atoms with Crippen molar-refractivity contribution in [2.45, 2.75) is 39.8 Å². The van der Waals surface area contributed by atoms with Crippen molar-refractivity contribution in [1.29, 1.82) is 0 Å².